The average molecular weight is 235 g/mol. The molecule has 4 atom stereocenters. The van der Waals surface area contributed by atoms with Crippen LogP contribution in [0.2, 0.25) is 0 Å². The standard InChI is InChI=1S/C6H14N2O3.2ClH/c7-2-1-3(8)5(10)6(11)4(2)9;;/h2-6,9-11H,1,7-8H2;2*1H. The second-order valence-electron chi connectivity index (χ2n) is 3.04. The molecule has 5 nitrogen and oxygen atoms in total. The molecule has 0 amide bonds. The first-order valence-corrected chi connectivity index (χ1v) is 3.59. The van der Waals surface area contributed by atoms with Gasteiger partial charge in [0.25, 0.3) is 0 Å². The highest BCUT2D eigenvalue weighted by molar-refractivity contribution is 5.85. The summed E-state index contributed by atoms with van der Waals surface area (Å²) in [5.41, 5.74) is 10.8. The van der Waals surface area contributed by atoms with Crippen LogP contribution >= 0.6 is 24.8 Å². The molecule has 0 saturated heterocycles. The lowest BCUT2D eigenvalue weighted by Gasteiger charge is -2.37. The van der Waals surface area contributed by atoms with Crippen LogP contribution in [0.3, 0.4) is 0 Å². The molecule has 0 heterocycles. The summed E-state index contributed by atoms with van der Waals surface area (Å²) in [6.07, 6.45) is -3.01. The topological polar surface area (TPSA) is 113 Å². The van der Waals surface area contributed by atoms with E-state index in [-0.39, 0.29) is 24.8 Å². The minimum Gasteiger partial charge on any atom is -0.389 e. The molecule has 1 saturated carbocycles. The lowest BCUT2D eigenvalue weighted by Crippen LogP contribution is -2.61. The first kappa shape index (κ1) is 15.8. The molecule has 0 spiro atoms. The van der Waals surface area contributed by atoms with Crippen molar-refractivity contribution in [1.82, 2.24) is 0 Å². The van der Waals surface area contributed by atoms with Gasteiger partial charge in [0.05, 0.1) is 12.2 Å². The Morgan fingerprint density at radius 3 is 1.38 bits per heavy atom. The van der Waals surface area contributed by atoms with Gasteiger partial charge in [0.2, 0.25) is 0 Å². The molecule has 0 bridgehead atoms. The van der Waals surface area contributed by atoms with E-state index in [2.05, 4.69) is 0 Å². The molecule has 7 heteroatoms. The lowest BCUT2D eigenvalue weighted by atomic mass is 9.85. The minimum absolute atomic E-state index is 0. The number of hydrogen-bond donors (Lipinski definition) is 5. The molecule has 0 aromatic heterocycles. The fourth-order valence-electron chi connectivity index (χ4n) is 1.30. The van der Waals surface area contributed by atoms with E-state index in [4.69, 9.17) is 26.8 Å². The Kier molecular flexibility index (Phi) is 7.28. The quantitative estimate of drug-likeness (QED) is 0.332. The fourth-order valence-corrected chi connectivity index (χ4v) is 1.30. The van der Waals surface area contributed by atoms with Crippen LogP contribution in [0.1, 0.15) is 6.42 Å². The number of halogens is 2. The lowest BCUT2D eigenvalue weighted by molar-refractivity contribution is -0.100. The SMILES string of the molecule is Cl.Cl.NC1CC(N)C(O)C(O)C1O. The molecule has 4 unspecified atom stereocenters. The first-order chi connectivity index (χ1) is 5.04. The van der Waals surface area contributed by atoms with Gasteiger partial charge < -0.3 is 26.8 Å². The number of aliphatic hydroxyl groups excluding tert-OH is 3. The summed E-state index contributed by atoms with van der Waals surface area (Å²) < 4.78 is 0. The summed E-state index contributed by atoms with van der Waals surface area (Å²) >= 11 is 0. The molecular weight excluding hydrogens is 219 g/mol. The summed E-state index contributed by atoms with van der Waals surface area (Å²) in [6.45, 7) is 0. The number of aliphatic hydroxyl groups is 3. The van der Waals surface area contributed by atoms with Crippen molar-refractivity contribution in [3.05, 3.63) is 0 Å². The zero-order chi connectivity index (χ0) is 8.59. The molecular formula is C6H16Cl2N2O3. The smallest absolute Gasteiger partial charge is 0.109 e. The van der Waals surface area contributed by atoms with Gasteiger partial charge in [-0.2, -0.15) is 0 Å². The van der Waals surface area contributed by atoms with E-state index < -0.39 is 30.4 Å². The van der Waals surface area contributed by atoms with E-state index in [0.29, 0.717) is 6.42 Å². The van der Waals surface area contributed by atoms with Crippen LogP contribution in [0.5, 0.6) is 0 Å². The van der Waals surface area contributed by atoms with Crippen LogP contribution in [0.25, 0.3) is 0 Å². The molecule has 13 heavy (non-hydrogen) atoms. The molecule has 7 N–H and O–H groups in total. The van der Waals surface area contributed by atoms with E-state index in [1.165, 1.54) is 0 Å². The summed E-state index contributed by atoms with van der Waals surface area (Å²) in [5.74, 6) is 0. The third-order valence-corrected chi connectivity index (χ3v) is 2.12. The highest BCUT2D eigenvalue weighted by atomic mass is 35.5. The van der Waals surface area contributed by atoms with Gasteiger partial charge in [0, 0.05) is 12.1 Å². The normalized spacial score (nSPS) is 44.5. The monoisotopic (exact) mass is 234 g/mol. The van der Waals surface area contributed by atoms with Gasteiger partial charge in [-0.15, -0.1) is 24.8 Å². The zero-order valence-electron chi connectivity index (χ0n) is 6.91. The number of nitrogens with two attached hydrogens (primary N) is 2. The highest BCUT2D eigenvalue weighted by Crippen LogP contribution is 2.17. The summed E-state index contributed by atoms with van der Waals surface area (Å²) in [6, 6.07) is -1.08. The van der Waals surface area contributed by atoms with E-state index >= 15 is 0 Å². The van der Waals surface area contributed by atoms with Gasteiger partial charge in [0.15, 0.2) is 0 Å². The molecule has 0 radical (unpaired) electrons. The van der Waals surface area contributed by atoms with E-state index in [1.807, 2.05) is 0 Å². The highest BCUT2D eigenvalue weighted by Gasteiger charge is 2.39. The van der Waals surface area contributed by atoms with Crippen molar-refractivity contribution < 1.29 is 15.3 Å². The third kappa shape index (κ3) is 3.21. The van der Waals surface area contributed by atoms with Crippen LogP contribution in [-0.4, -0.2) is 45.7 Å². The van der Waals surface area contributed by atoms with Gasteiger partial charge >= 0.3 is 0 Å². The fraction of sp³-hybridized carbons (Fsp3) is 1.00. The molecule has 1 fully saturated rings. The Morgan fingerprint density at radius 1 is 0.769 bits per heavy atom. The Balaban J connectivity index is 0. The molecule has 82 valence electrons. The summed E-state index contributed by atoms with van der Waals surface area (Å²) in [5, 5.41) is 27.4. The maximum absolute atomic E-state index is 9.14. The van der Waals surface area contributed by atoms with Crippen molar-refractivity contribution in [2.45, 2.75) is 36.8 Å². The molecule has 0 aliphatic heterocycles. The van der Waals surface area contributed by atoms with E-state index in [0.717, 1.165) is 0 Å². The van der Waals surface area contributed by atoms with Gasteiger partial charge in [0.1, 0.15) is 6.10 Å². The number of hydrogen-bond acceptors (Lipinski definition) is 5. The zero-order valence-corrected chi connectivity index (χ0v) is 8.54. The molecule has 1 rings (SSSR count). The minimum atomic E-state index is -1.21. The summed E-state index contributed by atoms with van der Waals surface area (Å²) in [4.78, 5) is 0. The Labute approximate surface area is 88.9 Å². The van der Waals surface area contributed by atoms with E-state index in [1.54, 1.807) is 0 Å². The number of rotatable bonds is 0. The Bertz CT molecular complexity index is 138. The van der Waals surface area contributed by atoms with Crippen LogP contribution < -0.4 is 11.5 Å². The van der Waals surface area contributed by atoms with Gasteiger partial charge in [-0.05, 0) is 6.42 Å². The van der Waals surface area contributed by atoms with Gasteiger partial charge in [-0.25, -0.2) is 0 Å². The molecule has 0 aromatic carbocycles. The maximum Gasteiger partial charge on any atom is 0.109 e. The van der Waals surface area contributed by atoms with Gasteiger partial charge in [-0.3, -0.25) is 0 Å². The maximum atomic E-state index is 9.14. The Hall–Kier alpha value is 0.380. The predicted molar refractivity (Wildman–Crippen MR) is 53.1 cm³/mol. The first-order valence-electron chi connectivity index (χ1n) is 3.59. The van der Waals surface area contributed by atoms with Crippen molar-refractivity contribution in [2.75, 3.05) is 0 Å². The predicted octanol–water partition coefficient (Wildman–Crippen LogP) is -2.03. The second-order valence-corrected chi connectivity index (χ2v) is 3.04. The van der Waals surface area contributed by atoms with Crippen molar-refractivity contribution in [1.29, 1.82) is 0 Å². The van der Waals surface area contributed by atoms with Crippen LogP contribution in [0.4, 0.5) is 0 Å². The van der Waals surface area contributed by atoms with Crippen molar-refractivity contribution in [3.8, 4) is 0 Å². The molecule has 0 aromatic rings. The van der Waals surface area contributed by atoms with Crippen LogP contribution in [0.15, 0.2) is 0 Å². The largest absolute Gasteiger partial charge is 0.389 e. The van der Waals surface area contributed by atoms with Gasteiger partial charge in [-0.1, -0.05) is 0 Å². The average Bonchev–Trinajstić information content (AvgIpc) is 1.97. The molecule has 1 aliphatic carbocycles. The van der Waals surface area contributed by atoms with Crippen molar-refractivity contribution >= 4 is 24.8 Å². The Morgan fingerprint density at radius 2 is 1.08 bits per heavy atom. The van der Waals surface area contributed by atoms with Crippen molar-refractivity contribution in [2.24, 2.45) is 11.5 Å². The van der Waals surface area contributed by atoms with Crippen LogP contribution in [-0.2, 0) is 0 Å². The second kappa shape index (κ2) is 5.98. The van der Waals surface area contributed by atoms with Crippen molar-refractivity contribution in [3.63, 3.8) is 0 Å². The van der Waals surface area contributed by atoms with E-state index in [9.17, 15) is 0 Å². The molecule has 1 aliphatic rings. The third-order valence-electron chi connectivity index (χ3n) is 2.12. The van der Waals surface area contributed by atoms with Crippen LogP contribution in [0, 0.1) is 0 Å². The summed E-state index contributed by atoms with van der Waals surface area (Å²) in [7, 11) is 0.